The van der Waals surface area contributed by atoms with Crippen LogP contribution in [-0.2, 0) is 11.3 Å². The molecule has 2 aliphatic heterocycles. The van der Waals surface area contributed by atoms with Crippen molar-refractivity contribution < 1.29 is 4.79 Å². The van der Waals surface area contributed by atoms with E-state index in [0.717, 1.165) is 43.9 Å². The van der Waals surface area contributed by atoms with E-state index in [2.05, 4.69) is 47.6 Å². The number of aryl methyl sites for hydroxylation is 2. The fraction of sp³-hybridized carbons (Fsp3) is 0.381. The second-order valence-electron chi connectivity index (χ2n) is 7.41. The van der Waals surface area contributed by atoms with Gasteiger partial charge in [-0.15, -0.1) is 0 Å². The highest BCUT2D eigenvalue weighted by Crippen LogP contribution is 2.36. The number of hydrogen-bond donors (Lipinski definition) is 2. The van der Waals surface area contributed by atoms with E-state index in [-0.39, 0.29) is 5.91 Å². The summed E-state index contributed by atoms with van der Waals surface area (Å²) < 4.78 is 0. The van der Waals surface area contributed by atoms with Gasteiger partial charge >= 0.3 is 0 Å². The van der Waals surface area contributed by atoms with E-state index in [1.807, 2.05) is 24.3 Å². The van der Waals surface area contributed by atoms with Gasteiger partial charge in [0.25, 0.3) is 0 Å². The molecule has 0 aliphatic carbocycles. The van der Waals surface area contributed by atoms with Gasteiger partial charge in [0, 0.05) is 19.6 Å². The second kappa shape index (κ2) is 6.19. The van der Waals surface area contributed by atoms with Gasteiger partial charge in [-0.05, 0) is 49.9 Å². The van der Waals surface area contributed by atoms with Crippen molar-refractivity contribution in [3.05, 3.63) is 59.2 Å². The molecular weight excluding hydrogens is 310 g/mol. The van der Waals surface area contributed by atoms with E-state index in [1.165, 1.54) is 16.7 Å². The molecule has 1 saturated heterocycles. The molecular formula is C21H25N3O. The van der Waals surface area contributed by atoms with Crippen LogP contribution in [0.5, 0.6) is 0 Å². The van der Waals surface area contributed by atoms with Gasteiger partial charge in [0.05, 0.1) is 11.4 Å². The van der Waals surface area contributed by atoms with Gasteiger partial charge in [-0.3, -0.25) is 9.69 Å². The Labute approximate surface area is 149 Å². The maximum Gasteiger partial charge on any atom is 0.250 e. The third-order valence-electron chi connectivity index (χ3n) is 5.59. The van der Waals surface area contributed by atoms with Crippen molar-refractivity contribution in [2.75, 3.05) is 23.7 Å². The number of rotatable bonds is 2. The quantitative estimate of drug-likeness (QED) is 0.879. The lowest BCUT2D eigenvalue weighted by Gasteiger charge is -2.44. The van der Waals surface area contributed by atoms with E-state index in [4.69, 9.17) is 0 Å². The van der Waals surface area contributed by atoms with E-state index >= 15 is 0 Å². The zero-order valence-corrected chi connectivity index (χ0v) is 14.9. The van der Waals surface area contributed by atoms with E-state index < -0.39 is 5.54 Å². The molecule has 130 valence electrons. The first-order valence-corrected chi connectivity index (χ1v) is 9.03. The molecule has 4 rings (SSSR count). The first-order chi connectivity index (χ1) is 12.1. The van der Waals surface area contributed by atoms with Gasteiger partial charge in [-0.1, -0.05) is 35.9 Å². The van der Waals surface area contributed by atoms with Crippen LogP contribution in [0.4, 0.5) is 11.4 Å². The Hall–Kier alpha value is -2.33. The third-order valence-corrected chi connectivity index (χ3v) is 5.59. The average molecular weight is 335 g/mol. The molecule has 1 amide bonds. The average Bonchev–Trinajstić information content (AvgIpc) is 2.60. The number of likely N-dealkylation sites (tertiary alicyclic amines) is 1. The number of carbonyl (C=O) groups excluding carboxylic acids is 1. The Morgan fingerprint density at radius 2 is 1.76 bits per heavy atom. The van der Waals surface area contributed by atoms with E-state index in [0.29, 0.717) is 0 Å². The van der Waals surface area contributed by atoms with Crippen LogP contribution in [-0.4, -0.2) is 29.4 Å². The number of amides is 1. The van der Waals surface area contributed by atoms with Crippen molar-refractivity contribution in [3.8, 4) is 0 Å². The molecule has 2 aliphatic rings. The smallest absolute Gasteiger partial charge is 0.250 e. The summed E-state index contributed by atoms with van der Waals surface area (Å²) in [7, 11) is 0. The third kappa shape index (κ3) is 3.02. The van der Waals surface area contributed by atoms with Gasteiger partial charge in [0.1, 0.15) is 5.54 Å². The molecule has 0 bridgehead atoms. The van der Waals surface area contributed by atoms with Gasteiger partial charge < -0.3 is 10.6 Å². The fourth-order valence-electron chi connectivity index (χ4n) is 3.97. The van der Waals surface area contributed by atoms with Crippen molar-refractivity contribution in [1.82, 2.24) is 4.90 Å². The normalized spacial score (nSPS) is 19.2. The van der Waals surface area contributed by atoms with Crippen LogP contribution in [0.2, 0.25) is 0 Å². The summed E-state index contributed by atoms with van der Waals surface area (Å²) in [6.45, 7) is 7.12. The molecule has 0 saturated carbocycles. The summed E-state index contributed by atoms with van der Waals surface area (Å²) in [6, 6.07) is 14.6. The highest BCUT2D eigenvalue weighted by atomic mass is 16.2. The lowest BCUT2D eigenvalue weighted by molar-refractivity contribution is -0.122. The molecule has 0 unspecified atom stereocenters. The molecule has 4 nitrogen and oxygen atoms in total. The van der Waals surface area contributed by atoms with Crippen molar-refractivity contribution in [2.45, 2.75) is 38.8 Å². The summed E-state index contributed by atoms with van der Waals surface area (Å²) in [5.74, 6) is 0.109. The maximum atomic E-state index is 12.7. The number of para-hydroxylation sites is 2. The topological polar surface area (TPSA) is 44.4 Å². The van der Waals surface area contributed by atoms with Gasteiger partial charge in [0.15, 0.2) is 0 Å². The number of nitrogens with zero attached hydrogens (tertiary/aromatic N) is 1. The molecule has 2 N–H and O–H groups in total. The van der Waals surface area contributed by atoms with Gasteiger partial charge in [0.2, 0.25) is 5.91 Å². The Bertz CT molecular complexity index is 807. The highest BCUT2D eigenvalue weighted by molar-refractivity contribution is 6.06. The minimum Gasteiger partial charge on any atom is -0.369 e. The number of fused-ring (bicyclic) bond motifs is 1. The minimum absolute atomic E-state index is 0.109. The number of nitrogens with one attached hydrogen (secondary N) is 2. The van der Waals surface area contributed by atoms with Crippen LogP contribution in [0.15, 0.2) is 42.5 Å². The summed E-state index contributed by atoms with van der Waals surface area (Å²) in [4.78, 5) is 15.2. The molecule has 1 fully saturated rings. The maximum absolute atomic E-state index is 12.7. The monoisotopic (exact) mass is 335 g/mol. The number of anilines is 2. The molecule has 1 spiro atoms. The number of hydrogen-bond acceptors (Lipinski definition) is 3. The molecule has 0 radical (unpaired) electrons. The van der Waals surface area contributed by atoms with Crippen LogP contribution in [0.1, 0.15) is 29.5 Å². The Balaban J connectivity index is 1.45. The Kier molecular flexibility index (Phi) is 4.00. The van der Waals surface area contributed by atoms with Gasteiger partial charge in [-0.25, -0.2) is 0 Å². The lowest BCUT2D eigenvalue weighted by Crippen LogP contribution is -2.58. The van der Waals surface area contributed by atoms with E-state index in [9.17, 15) is 4.79 Å². The number of carbonyl (C=O) groups is 1. The molecule has 25 heavy (non-hydrogen) atoms. The van der Waals surface area contributed by atoms with Crippen molar-refractivity contribution >= 4 is 17.3 Å². The standard InChI is InChI=1S/C21H25N3O/c1-15-7-8-17(16(2)13-15)14-24-11-9-21(10-12-24)20(25)22-18-5-3-4-6-19(18)23-21/h3-8,13,23H,9-12,14H2,1-2H3,(H,22,25). The fourth-order valence-corrected chi connectivity index (χ4v) is 3.97. The second-order valence-corrected chi connectivity index (χ2v) is 7.41. The lowest BCUT2D eigenvalue weighted by atomic mass is 9.84. The summed E-state index contributed by atoms with van der Waals surface area (Å²) >= 11 is 0. The summed E-state index contributed by atoms with van der Waals surface area (Å²) in [5.41, 5.74) is 5.49. The van der Waals surface area contributed by atoms with Crippen molar-refractivity contribution in [2.24, 2.45) is 0 Å². The van der Waals surface area contributed by atoms with Crippen molar-refractivity contribution in [3.63, 3.8) is 0 Å². The molecule has 2 aromatic rings. The van der Waals surface area contributed by atoms with Crippen LogP contribution < -0.4 is 10.6 Å². The predicted octanol–water partition coefficient (Wildman–Crippen LogP) is 3.70. The zero-order valence-electron chi connectivity index (χ0n) is 14.9. The summed E-state index contributed by atoms with van der Waals surface area (Å²) in [5, 5.41) is 6.61. The highest BCUT2D eigenvalue weighted by Gasteiger charge is 2.44. The Morgan fingerprint density at radius 3 is 2.48 bits per heavy atom. The van der Waals surface area contributed by atoms with Crippen LogP contribution in [0.25, 0.3) is 0 Å². The SMILES string of the molecule is Cc1ccc(CN2CCC3(CC2)Nc2ccccc2NC3=O)c(C)c1. The van der Waals surface area contributed by atoms with Crippen LogP contribution in [0.3, 0.4) is 0 Å². The Morgan fingerprint density at radius 1 is 1.04 bits per heavy atom. The molecule has 2 aromatic carbocycles. The predicted molar refractivity (Wildman–Crippen MR) is 102 cm³/mol. The van der Waals surface area contributed by atoms with Crippen LogP contribution in [0, 0.1) is 13.8 Å². The van der Waals surface area contributed by atoms with E-state index in [1.54, 1.807) is 0 Å². The number of piperidine rings is 1. The first-order valence-electron chi connectivity index (χ1n) is 9.03. The van der Waals surface area contributed by atoms with Crippen molar-refractivity contribution in [1.29, 1.82) is 0 Å². The largest absolute Gasteiger partial charge is 0.369 e. The number of benzene rings is 2. The van der Waals surface area contributed by atoms with Gasteiger partial charge in [-0.2, -0.15) is 0 Å². The molecule has 0 aromatic heterocycles. The zero-order chi connectivity index (χ0) is 17.4. The van der Waals surface area contributed by atoms with Crippen LogP contribution >= 0.6 is 0 Å². The molecule has 0 atom stereocenters. The summed E-state index contributed by atoms with van der Waals surface area (Å²) in [6.07, 6.45) is 1.66. The first kappa shape index (κ1) is 16.2. The molecule has 2 heterocycles. The minimum atomic E-state index is -0.465. The molecule has 4 heteroatoms.